The van der Waals surface area contributed by atoms with E-state index in [2.05, 4.69) is 15.6 Å². The van der Waals surface area contributed by atoms with Crippen molar-refractivity contribution < 1.29 is 9.59 Å². The molecule has 142 valence electrons. The zero-order valence-corrected chi connectivity index (χ0v) is 16.1. The van der Waals surface area contributed by atoms with Crippen molar-refractivity contribution in [1.29, 1.82) is 0 Å². The van der Waals surface area contributed by atoms with Crippen LogP contribution in [0.2, 0.25) is 0 Å². The van der Waals surface area contributed by atoms with E-state index < -0.39 is 0 Å². The predicted molar refractivity (Wildman–Crippen MR) is 108 cm³/mol. The second-order valence-corrected chi connectivity index (χ2v) is 7.20. The topological polar surface area (TPSA) is 74.3 Å². The van der Waals surface area contributed by atoms with Gasteiger partial charge in [-0.3, -0.25) is 9.59 Å². The van der Waals surface area contributed by atoms with Gasteiger partial charge >= 0.3 is 0 Å². The molecule has 1 heterocycles. The highest BCUT2D eigenvalue weighted by Gasteiger charge is 2.23. The Hall–Kier alpha value is -2.89. The number of anilines is 3. The Morgan fingerprint density at radius 2 is 1.70 bits per heavy atom. The van der Waals surface area contributed by atoms with Gasteiger partial charge in [0.15, 0.2) is 0 Å². The van der Waals surface area contributed by atoms with Crippen LogP contribution >= 0.6 is 0 Å². The normalized spacial score (nSPS) is 14.0. The number of carbonyl (C=O) groups excluding carboxylic acids is 2. The van der Waals surface area contributed by atoms with E-state index in [0.29, 0.717) is 11.3 Å². The molecule has 3 rings (SSSR count). The molecule has 0 atom stereocenters. The maximum Gasteiger partial charge on any atom is 0.257 e. The lowest BCUT2D eigenvalue weighted by Crippen LogP contribution is -2.21. The van der Waals surface area contributed by atoms with E-state index in [9.17, 15) is 9.59 Å². The highest BCUT2D eigenvalue weighted by atomic mass is 16.2. The third-order valence-electron chi connectivity index (χ3n) is 5.03. The summed E-state index contributed by atoms with van der Waals surface area (Å²) in [5, 5.41) is 5.93. The minimum atomic E-state index is -0.227. The summed E-state index contributed by atoms with van der Waals surface area (Å²) < 4.78 is 0. The average molecular weight is 366 g/mol. The molecule has 0 radical (unpaired) electrons. The fraction of sp³-hybridized carbons (Fsp3) is 0.381. The van der Waals surface area contributed by atoms with E-state index in [1.165, 1.54) is 0 Å². The van der Waals surface area contributed by atoms with Crippen LogP contribution in [0.25, 0.3) is 0 Å². The van der Waals surface area contributed by atoms with Crippen LogP contribution in [-0.2, 0) is 4.79 Å². The van der Waals surface area contributed by atoms with Gasteiger partial charge in [0, 0.05) is 37.6 Å². The van der Waals surface area contributed by atoms with Gasteiger partial charge in [0.2, 0.25) is 5.91 Å². The van der Waals surface area contributed by atoms with Crippen LogP contribution in [0.4, 0.5) is 17.2 Å². The quantitative estimate of drug-likeness (QED) is 0.843. The molecule has 0 spiro atoms. The highest BCUT2D eigenvalue weighted by Crippen LogP contribution is 2.28. The van der Waals surface area contributed by atoms with Gasteiger partial charge in [-0.25, -0.2) is 4.98 Å². The smallest absolute Gasteiger partial charge is 0.257 e. The van der Waals surface area contributed by atoms with Crippen LogP contribution in [0.1, 0.15) is 41.6 Å². The summed E-state index contributed by atoms with van der Waals surface area (Å²) in [6.45, 7) is 1.90. The Bertz CT molecular complexity index is 825. The third kappa shape index (κ3) is 4.45. The SMILES string of the molecule is Cc1c(NC(=O)c2ccc(N(C)C)nc2)cccc1NC(=O)C1CCCC1. The van der Waals surface area contributed by atoms with Crippen molar-refractivity contribution in [2.75, 3.05) is 29.6 Å². The number of nitrogens with zero attached hydrogens (tertiary/aromatic N) is 2. The van der Waals surface area contributed by atoms with Gasteiger partial charge in [-0.1, -0.05) is 18.9 Å². The summed E-state index contributed by atoms with van der Waals surface area (Å²) in [6, 6.07) is 9.09. The average Bonchev–Trinajstić information content (AvgIpc) is 3.20. The molecule has 1 saturated carbocycles. The number of aromatic nitrogens is 1. The molecule has 1 fully saturated rings. The van der Waals surface area contributed by atoms with E-state index in [0.717, 1.165) is 42.8 Å². The summed E-state index contributed by atoms with van der Waals surface area (Å²) in [7, 11) is 3.80. The van der Waals surface area contributed by atoms with E-state index in [4.69, 9.17) is 0 Å². The molecule has 1 aliphatic carbocycles. The predicted octanol–water partition coefficient (Wildman–Crippen LogP) is 3.84. The summed E-state index contributed by atoms with van der Waals surface area (Å²) in [4.78, 5) is 31.1. The molecule has 2 amide bonds. The van der Waals surface area contributed by atoms with Crippen molar-refractivity contribution in [2.24, 2.45) is 5.92 Å². The van der Waals surface area contributed by atoms with Crippen LogP contribution in [0.3, 0.4) is 0 Å². The molecular weight excluding hydrogens is 340 g/mol. The lowest BCUT2D eigenvalue weighted by Gasteiger charge is -2.16. The summed E-state index contributed by atoms with van der Waals surface area (Å²) >= 11 is 0. The largest absolute Gasteiger partial charge is 0.363 e. The first-order valence-corrected chi connectivity index (χ1v) is 9.31. The molecule has 1 aromatic carbocycles. The lowest BCUT2D eigenvalue weighted by molar-refractivity contribution is -0.119. The molecule has 2 aromatic rings. The van der Waals surface area contributed by atoms with Gasteiger partial charge < -0.3 is 15.5 Å². The molecule has 6 nitrogen and oxygen atoms in total. The lowest BCUT2D eigenvalue weighted by atomic mass is 10.1. The van der Waals surface area contributed by atoms with Crippen molar-refractivity contribution in [1.82, 2.24) is 4.98 Å². The summed E-state index contributed by atoms with van der Waals surface area (Å²) in [5.41, 5.74) is 2.75. The van der Waals surface area contributed by atoms with E-state index >= 15 is 0 Å². The van der Waals surface area contributed by atoms with E-state index in [1.54, 1.807) is 18.3 Å². The van der Waals surface area contributed by atoms with Crippen molar-refractivity contribution in [3.8, 4) is 0 Å². The van der Waals surface area contributed by atoms with E-state index in [-0.39, 0.29) is 17.7 Å². The van der Waals surface area contributed by atoms with Crippen molar-refractivity contribution in [2.45, 2.75) is 32.6 Å². The van der Waals surface area contributed by atoms with Gasteiger partial charge in [-0.2, -0.15) is 0 Å². The minimum Gasteiger partial charge on any atom is -0.363 e. The van der Waals surface area contributed by atoms with Crippen LogP contribution in [0.15, 0.2) is 36.5 Å². The van der Waals surface area contributed by atoms with Gasteiger partial charge in [0.25, 0.3) is 5.91 Å². The van der Waals surface area contributed by atoms with Crippen molar-refractivity contribution >= 4 is 29.0 Å². The number of hydrogen-bond acceptors (Lipinski definition) is 4. The number of hydrogen-bond donors (Lipinski definition) is 2. The molecule has 27 heavy (non-hydrogen) atoms. The molecule has 6 heteroatoms. The molecule has 0 bridgehead atoms. The summed E-state index contributed by atoms with van der Waals surface area (Å²) in [5.74, 6) is 0.737. The van der Waals surface area contributed by atoms with Crippen LogP contribution in [0, 0.1) is 12.8 Å². The fourth-order valence-corrected chi connectivity index (χ4v) is 3.31. The zero-order valence-electron chi connectivity index (χ0n) is 16.1. The number of pyridine rings is 1. The number of amides is 2. The Balaban J connectivity index is 1.71. The Morgan fingerprint density at radius 3 is 2.30 bits per heavy atom. The summed E-state index contributed by atoms with van der Waals surface area (Å²) in [6.07, 6.45) is 5.71. The fourth-order valence-electron chi connectivity index (χ4n) is 3.31. The standard InChI is InChI=1S/C21H26N4O2/c1-14-17(23-20(26)15-7-4-5-8-15)9-6-10-18(14)24-21(27)16-11-12-19(22-13-16)25(2)3/h6,9-13,15H,4-5,7-8H2,1-3H3,(H,23,26)(H,24,27). The van der Waals surface area contributed by atoms with Crippen LogP contribution < -0.4 is 15.5 Å². The maximum absolute atomic E-state index is 12.5. The van der Waals surface area contributed by atoms with Crippen LogP contribution in [0.5, 0.6) is 0 Å². The van der Waals surface area contributed by atoms with Gasteiger partial charge in [-0.15, -0.1) is 0 Å². The molecule has 0 unspecified atom stereocenters. The van der Waals surface area contributed by atoms with Gasteiger partial charge in [0.05, 0.1) is 5.56 Å². The zero-order chi connectivity index (χ0) is 19.4. The van der Waals surface area contributed by atoms with Crippen molar-refractivity contribution in [3.05, 3.63) is 47.7 Å². The molecular formula is C21H26N4O2. The van der Waals surface area contributed by atoms with E-state index in [1.807, 2.05) is 44.1 Å². The molecule has 1 aliphatic rings. The number of carbonyl (C=O) groups is 2. The number of benzene rings is 1. The first kappa shape index (κ1) is 18.9. The first-order chi connectivity index (χ1) is 13.0. The monoisotopic (exact) mass is 366 g/mol. The molecule has 1 aromatic heterocycles. The Labute approximate surface area is 160 Å². The Kier molecular flexibility index (Phi) is 5.74. The first-order valence-electron chi connectivity index (χ1n) is 9.31. The van der Waals surface area contributed by atoms with Gasteiger partial charge in [-0.05, 0) is 49.6 Å². The highest BCUT2D eigenvalue weighted by molar-refractivity contribution is 6.05. The Morgan fingerprint density at radius 1 is 1.04 bits per heavy atom. The van der Waals surface area contributed by atoms with Crippen LogP contribution in [-0.4, -0.2) is 30.9 Å². The van der Waals surface area contributed by atoms with Gasteiger partial charge in [0.1, 0.15) is 5.82 Å². The minimum absolute atomic E-state index is 0.0718. The van der Waals surface area contributed by atoms with Crippen molar-refractivity contribution in [3.63, 3.8) is 0 Å². The number of nitrogens with one attached hydrogen (secondary N) is 2. The third-order valence-corrected chi connectivity index (χ3v) is 5.03. The number of rotatable bonds is 5. The second-order valence-electron chi connectivity index (χ2n) is 7.20. The molecule has 0 aliphatic heterocycles. The maximum atomic E-state index is 12.5. The molecule has 2 N–H and O–H groups in total. The molecule has 0 saturated heterocycles. The second kappa shape index (κ2) is 8.20.